The van der Waals surface area contributed by atoms with Gasteiger partial charge in [0.05, 0.1) is 21.7 Å². The van der Waals surface area contributed by atoms with Gasteiger partial charge in [0, 0.05) is 51.4 Å². The van der Waals surface area contributed by atoms with Crippen LogP contribution in [0.3, 0.4) is 0 Å². The highest BCUT2D eigenvalue weighted by Crippen LogP contribution is 2.27. The quantitative estimate of drug-likeness (QED) is 0.500. The van der Waals surface area contributed by atoms with Crippen LogP contribution in [0.4, 0.5) is 11.4 Å². The van der Waals surface area contributed by atoms with Crippen LogP contribution in [-0.2, 0) is 15.0 Å². The Morgan fingerprint density at radius 1 is 1.06 bits per heavy atom. The van der Waals surface area contributed by atoms with Crippen molar-refractivity contribution in [2.45, 2.75) is 38.6 Å². The fourth-order valence-corrected chi connectivity index (χ4v) is 5.77. The van der Waals surface area contributed by atoms with Crippen LogP contribution in [0.25, 0.3) is 0 Å². The van der Waals surface area contributed by atoms with Gasteiger partial charge in [-0.2, -0.15) is 17.0 Å². The van der Waals surface area contributed by atoms with E-state index in [1.807, 2.05) is 4.90 Å². The number of benzene rings is 1. The van der Waals surface area contributed by atoms with Crippen molar-refractivity contribution < 1.29 is 18.1 Å². The van der Waals surface area contributed by atoms with E-state index in [0.29, 0.717) is 45.0 Å². The summed E-state index contributed by atoms with van der Waals surface area (Å²) in [6, 6.07) is 3.36. The zero-order valence-corrected chi connectivity index (χ0v) is 19.1. The zero-order chi connectivity index (χ0) is 22.6. The molecule has 0 radical (unpaired) electrons. The number of nitrogens with one attached hydrogen (secondary N) is 1. The monoisotopic (exact) mass is 473 g/mol. The second-order valence-electron chi connectivity index (χ2n) is 7.84. The first-order valence-electron chi connectivity index (χ1n) is 10.4. The van der Waals surface area contributed by atoms with Crippen molar-refractivity contribution in [3.63, 3.8) is 0 Å². The first kappa shape index (κ1) is 23.9. The molecule has 2 saturated heterocycles. The summed E-state index contributed by atoms with van der Waals surface area (Å²) in [7, 11) is -3.48. The van der Waals surface area contributed by atoms with E-state index in [4.69, 9.17) is 11.6 Å². The summed E-state index contributed by atoms with van der Waals surface area (Å²) in [6.45, 7) is 4.41. The number of rotatable bonds is 6. The Morgan fingerprint density at radius 3 is 2.19 bits per heavy atom. The van der Waals surface area contributed by atoms with Crippen molar-refractivity contribution in [2.75, 3.05) is 44.6 Å². The van der Waals surface area contributed by atoms with E-state index in [2.05, 4.69) is 5.32 Å². The van der Waals surface area contributed by atoms with Gasteiger partial charge in [0.25, 0.3) is 15.9 Å². The number of amides is 1. The van der Waals surface area contributed by atoms with Crippen LogP contribution >= 0.6 is 11.6 Å². The van der Waals surface area contributed by atoms with Gasteiger partial charge < -0.3 is 5.32 Å². The molecule has 2 aliphatic heterocycles. The Hall–Kier alpha value is -1.79. The number of hydrogen-bond donors (Lipinski definition) is 1. The first-order valence-corrected chi connectivity index (χ1v) is 12.2. The van der Waals surface area contributed by atoms with Gasteiger partial charge in [-0.15, -0.1) is 0 Å². The Balaban J connectivity index is 1.56. The third kappa shape index (κ3) is 5.72. The maximum atomic E-state index is 12.9. The third-order valence-electron chi connectivity index (χ3n) is 5.84. The largest absolute Gasteiger partial charge is 0.323 e. The lowest BCUT2D eigenvalue weighted by Gasteiger charge is -2.38. The van der Waals surface area contributed by atoms with Crippen molar-refractivity contribution in [3.05, 3.63) is 33.3 Å². The molecule has 2 heterocycles. The summed E-state index contributed by atoms with van der Waals surface area (Å²) in [5, 5.41) is 13.6. The van der Waals surface area contributed by atoms with Crippen molar-refractivity contribution in [1.82, 2.24) is 13.5 Å². The van der Waals surface area contributed by atoms with Gasteiger partial charge in [-0.1, -0.05) is 24.4 Å². The molecule has 2 fully saturated rings. The molecule has 0 spiro atoms. The summed E-state index contributed by atoms with van der Waals surface area (Å²) in [5.41, 5.74) is 0.143. The number of carbonyl (C=O) groups is 1. The van der Waals surface area contributed by atoms with E-state index in [9.17, 15) is 23.3 Å². The highest BCUT2D eigenvalue weighted by molar-refractivity contribution is 7.86. The SMILES string of the molecule is CC(C(=O)Nc1ccc([N+](=O)[O-])cc1Cl)N1CCN(S(=O)(=O)N2CCCCCC2)CC1. The first-order chi connectivity index (χ1) is 14.7. The lowest BCUT2D eigenvalue weighted by atomic mass is 10.2. The summed E-state index contributed by atoms with van der Waals surface area (Å²) >= 11 is 6.05. The molecule has 1 atom stereocenters. The summed E-state index contributed by atoms with van der Waals surface area (Å²) in [4.78, 5) is 24.8. The maximum absolute atomic E-state index is 12.9. The summed E-state index contributed by atoms with van der Waals surface area (Å²) in [5.74, 6) is -0.306. The number of piperazine rings is 1. The van der Waals surface area contributed by atoms with E-state index in [-0.39, 0.29) is 16.6 Å². The topological polar surface area (TPSA) is 116 Å². The molecule has 172 valence electrons. The highest BCUT2D eigenvalue weighted by Gasteiger charge is 2.34. The van der Waals surface area contributed by atoms with Crippen LogP contribution < -0.4 is 5.32 Å². The highest BCUT2D eigenvalue weighted by atomic mass is 35.5. The summed E-state index contributed by atoms with van der Waals surface area (Å²) < 4.78 is 29.0. The molecule has 1 N–H and O–H groups in total. The van der Waals surface area contributed by atoms with Crippen LogP contribution in [-0.4, -0.2) is 78.1 Å². The molecule has 0 aliphatic carbocycles. The average Bonchev–Trinajstić information content (AvgIpc) is 3.04. The predicted molar refractivity (Wildman–Crippen MR) is 118 cm³/mol. The van der Waals surface area contributed by atoms with Crippen molar-refractivity contribution >= 4 is 39.1 Å². The molecule has 0 bridgehead atoms. The molecular weight excluding hydrogens is 446 g/mol. The minimum atomic E-state index is -3.48. The number of non-ortho nitro benzene ring substituents is 1. The fourth-order valence-electron chi connectivity index (χ4n) is 3.88. The van der Waals surface area contributed by atoms with Crippen LogP contribution in [0.5, 0.6) is 0 Å². The number of anilines is 1. The molecule has 2 aliphatic rings. The van der Waals surface area contributed by atoms with Gasteiger partial charge in [0.1, 0.15) is 0 Å². The lowest BCUT2D eigenvalue weighted by Crippen LogP contribution is -2.56. The van der Waals surface area contributed by atoms with Crippen molar-refractivity contribution in [1.29, 1.82) is 0 Å². The van der Waals surface area contributed by atoms with E-state index in [0.717, 1.165) is 25.7 Å². The molecule has 12 heteroatoms. The smallest absolute Gasteiger partial charge is 0.282 e. The zero-order valence-electron chi connectivity index (χ0n) is 17.5. The second kappa shape index (κ2) is 10.2. The number of nitro groups is 1. The van der Waals surface area contributed by atoms with Crippen molar-refractivity contribution in [3.8, 4) is 0 Å². The molecule has 31 heavy (non-hydrogen) atoms. The van der Waals surface area contributed by atoms with Crippen LogP contribution in [0.15, 0.2) is 18.2 Å². The number of carbonyl (C=O) groups excluding carboxylic acids is 1. The van der Waals surface area contributed by atoms with Crippen LogP contribution in [0.2, 0.25) is 5.02 Å². The van der Waals surface area contributed by atoms with Gasteiger partial charge in [-0.25, -0.2) is 0 Å². The van der Waals surface area contributed by atoms with E-state index >= 15 is 0 Å². The minimum absolute atomic E-state index is 0.0862. The molecule has 1 aromatic rings. The molecule has 0 aromatic heterocycles. The van der Waals surface area contributed by atoms with Gasteiger partial charge in [-0.05, 0) is 25.8 Å². The normalized spacial score (nSPS) is 20.7. The van der Waals surface area contributed by atoms with Crippen LogP contribution in [0, 0.1) is 10.1 Å². The third-order valence-corrected chi connectivity index (χ3v) is 8.19. The van der Waals surface area contributed by atoms with E-state index in [1.54, 1.807) is 11.2 Å². The lowest BCUT2D eigenvalue weighted by molar-refractivity contribution is -0.384. The number of hydrogen-bond acceptors (Lipinski definition) is 6. The molecular formula is C19H28ClN5O5S. The predicted octanol–water partition coefficient (Wildman–Crippen LogP) is 2.31. The number of halogens is 1. The second-order valence-corrected chi connectivity index (χ2v) is 10.2. The number of nitro benzene ring substituents is 1. The Kier molecular flexibility index (Phi) is 7.87. The standard InChI is InChI=1S/C19H28ClN5O5S/c1-15(19(26)21-18-7-6-16(25(27)28)14-17(18)20)22-10-12-24(13-11-22)31(29,30)23-8-4-2-3-5-9-23/h6-7,14-15H,2-5,8-13H2,1H3,(H,21,26). The average molecular weight is 474 g/mol. The van der Waals surface area contributed by atoms with Gasteiger partial charge in [0.2, 0.25) is 5.91 Å². The fraction of sp³-hybridized carbons (Fsp3) is 0.632. The molecule has 1 amide bonds. The Morgan fingerprint density at radius 2 is 1.65 bits per heavy atom. The minimum Gasteiger partial charge on any atom is -0.323 e. The van der Waals surface area contributed by atoms with Crippen molar-refractivity contribution in [2.24, 2.45) is 0 Å². The maximum Gasteiger partial charge on any atom is 0.282 e. The van der Waals surface area contributed by atoms with Gasteiger partial charge in [0.15, 0.2) is 0 Å². The molecule has 10 nitrogen and oxygen atoms in total. The van der Waals surface area contributed by atoms with E-state index < -0.39 is 21.2 Å². The summed E-state index contributed by atoms with van der Waals surface area (Å²) in [6.07, 6.45) is 3.90. The van der Waals surface area contributed by atoms with Gasteiger partial charge in [-0.3, -0.25) is 19.8 Å². The van der Waals surface area contributed by atoms with Gasteiger partial charge >= 0.3 is 0 Å². The van der Waals surface area contributed by atoms with Crippen LogP contribution in [0.1, 0.15) is 32.6 Å². The molecule has 1 unspecified atom stereocenters. The molecule has 3 rings (SSSR count). The number of nitrogens with zero attached hydrogens (tertiary/aromatic N) is 4. The Labute approximate surface area is 187 Å². The van der Waals surface area contributed by atoms with E-state index in [1.165, 1.54) is 22.5 Å². The Bertz CT molecular complexity index is 912. The molecule has 0 saturated carbocycles. The molecule has 1 aromatic carbocycles.